The van der Waals surface area contributed by atoms with Crippen molar-refractivity contribution >= 4 is 29.0 Å². The molecule has 67 heavy (non-hydrogen) atoms. The Bertz CT molecular complexity index is 2390. The number of rotatable bonds is 20. The second-order valence-electron chi connectivity index (χ2n) is 15.9. The van der Waals surface area contributed by atoms with Gasteiger partial charge in [0.15, 0.2) is 0 Å². The number of allylic oxidation sites excluding steroid dienone is 27. The van der Waals surface area contributed by atoms with Gasteiger partial charge in [0.1, 0.15) is 0 Å². The summed E-state index contributed by atoms with van der Waals surface area (Å²) in [4.78, 5) is 2.47. The minimum Gasteiger partial charge on any atom is -0.313 e. The van der Waals surface area contributed by atoms with Crippen LogP contribution in [-0.2, 0) is 6.42 Å². The third-order valence-electron chi connectivity index (χ3n) is 10.6. The molecule has 0 bridgehead atoms. The van der Waals surface area contributed by atoms with Crippen LogP contribution in [0.3, 0.4) is 0 Å². The standard InChI is InChI=1S/C28H31NS.C22H26.C15H18/c1-4-10-26(30-27-12-7-5-6-8-13-27)14-9-11-23-15-17-24(18-16-23)25-19-20-28(29-3)22(2)21-25;1-4-6-7-8-9-11-15-20(3)22(14-5-2)19-18-21-16-12-10-13-17-21;1-3-4-5-6-8-11-14(2)15-12-9-7-10-13-15/h4-7,9-10,12-22,28-29H,1,8,11H2,2-3H3;5-10,12-19H,2,4,11H2,1,3H3;3-7,9-13H,8H2,1-2H3/b14-9-,26-10+;7-6-,9-8-,19-18-,20-15+,22-14+;4-3-,6-5-,14-11+. The van der Waals surface area contributed by atoms with Crippen molar-refractivity contribution in [1.29, 1.82) is 0 Å². The number of hydrogen-bond acceptors (Lipinski definition) is 2. The highest BCUT2D eigenvalue weighted by atomic mass is 32.2. The van der Waals surface area contributed by atoms with Gasteiger partial charge in [-0.05, 0) is 123 Å². The first-order valence-electron chi connectivity index (χ1n) is 23.7. The Labute approximate surface area is 411 Å². The van der Waals surface area contributed by atoms with Gasteiger partial charge in [-0.25, -0.2) is 0 Å². The molecule has 2 heteroatoms. The first-order chi connectivity index (χ1) is 32.8. The molecule has 0 amide bonds. The molecule has 0 aliphatic heterocycles. The molecule has 3 aromatic carbocycles. The van der Waals surface area contributed by atoms with E-state index in [9.17, 15) is 0 Å². The summed E-state index contributed by atoms with van der Waals surface area (Å²) >= 11 is 1.78. The van der Waals surface area contributed by atoms with Crippen LogP contribution in [0.15, 0.2) is 271 Å². The van der Waals surface area contributed by atoms with Crippen molar-refractivity contribution in [1.82, 2.24) is 5.32 Å². The molecule has 1 nitrogen and oxygen atoms in total. The first-order valence-corrected chi connectivity index (χ1v) is 24.5. The van der Waals surface area contributed by atoms with Crippen LogP contribution in [-0.4, -0.2) is 13.1 Å². The molecule has 5 rings (SSSR count). The molecule has 2 unspecified atom stereocenters. The summed E-state index contributed by atoms with van der Waals surface area (Å²) in [5, 5.41) is 3.34. The average Bonchev–Trinajstić information content (AvgIpc) is 3.63. The monoisotopic (exact) mass is 902 g/mol. The Morgan fingerprint density at radius 3 is 2.12 bits per heavy atom. The van der Waals surface area contributed by atoms with E-state index in [1.807, 2.05) is 68.6 Å². The van der Waals surface area contributed by atoms with Crippen LogP contribution in [0.25, 0.3) is 17.2 Å². The second-order valence-corrected chi connectivity index (χ2v) is 17.1. The van der Waals surface area contributed by atoms with Gasteiger partial charge in [0.05, 0.1) is 0 Å². The van der Waals surface area contributed by atoms with Gasteiger partial charge in [-0.3, -0.25) is 0 Å². The fourth-order valence-corrected chi connectivity index (χ4v) is 7.72. The van der Waals surface area contributed by atoms with Gasteiger partial charge in [-0.2, -0.15) is 0 Å². The molecule has 3 aromatic rings. The minimum absolute atomic E-state index is 0.425. The lowest BCUT2D eigenvalue weighted by molar-refractivity contribution is 0.540. The lowest BCUT2D eigenvalue weighted by Gasteiger charge is -2.22. The van der Waals surface area contributed by atoms with Gasteiger partial charge < -0.3 is 5.32 Å². The van der Waals surface area contributed by atoms with Crippen LogP contribution in [0.2, 0.25) is 0 Å². The maximum absolute atomic E-state index is 3.86. The average molecular weight is 902 g/mol. The van der Waals surface area contributed by atoms with E-state index in [0.29, 0.717) is 12.0 Å². The molecule has 346 valence electrons. The number of nitrogens with one attached hydrogen (secondary N) is 1. The van der Waals surface area contributed by atoms with Crippen molar-refractivity contribution < 1.29 is 0 Å². The van der Waals surface area contributed by atoms with Gasteiger partial charge in [-0.1, -0.05) is 270 Å². The van der Waals surface area contributed by atoms with Crippen molar-refractivity contribution in [2.75, 3.05) is 7.05 Å². The van der Waals surface area contributed by atoms with E-state index in [1.54, 1.807) is 11.8 Å². The highest BCUT2D eigenvalue weighted by Gasteiger charge is 2.15. The smallest absolute Gasteiger partial charge is 0.0311 e. The van der Waals surface area contributed by atoms with E-state index in [0.717, 1.165) is 32.1 Å². The normalized spacial score (nSPS) is 16.9. The second kappa shape index (κ2) is 34.8. The first kappa shape index (κ1) is 54.9. The molecule has 1 N–H and O–H groups in total. The Kier molecular flexibility index (Phi) is 28.5. The SMILES string of the molecule is C/C=C\C=C/C/C=C(\C)c1ccccc1.C=C/C=C(\C=C/Cc1ccc(C2=CC(C)C(NC)C=C2)cc1)SC1=CCC=CC=C1.C=C/C=C(\C=C/c1ccccc1)C(/C)=C/C/C=C\C=C/CC. The van der Waals surface area contributed by atoms with Crippen LogP contribution >= 0.6 is 11.8 Å². The van der Waals surface area contributed by atoms with Gasteiger partial charge in [-0.15, -0.1) is 0 Å². The summed E-state index contributed by atoms with van der Waals surface area (Å²) in [6.07, 6.45) is 60.3. The van der Waals surface area contributed by atoms with Crippen LogP contribution in [0.5, 0.6) is 0 Å². The molecule has 0 aromatic heterocycles. The largest absolute Gasteiger partial charge is 0.313 e. The third-order valence-corrected chi connectivity index (χ3v) is 11.7. The molecule has 2 aliphatic carbocycles. The molecule has 0 radical (unpaired) electrons. The zero-order chi connectivity index (χ0) is 48.2. The predicted octanol–water partition coefficient (Wildman–Crippen LogP) is 18.4. The van der Waals surface area contributed by atoms with E-state index in [4.69, 9.17) is 0 Å². The van der Waals surface area contributed by atoms with Crippen molar-refractivity contribution in [2.45, 2.75) is 72.8 Å². The van der Waals surface area contributed by atoms with E-state index < -0.39 is 0 Å². The van der Waals surface area contributed by atoms with Crippen LogP contribution in [0.4, 0.5) is 0 Å². The lowest BCUT2D eigenvalue weighted by Crippen LogP contribution is -2.30. The van der Waals surface area contributed by atoms with Crippen LogP contribution < -0.4 is 5.32 Å². The van der Waals surface area contributed by atoms with Crippen molar-refractivity contribution in [3.63, 3.8) is 0 Å². The Morgan fingerprint density at radius 2 is 1.45 bits per heavy atom. The molecule has 2 atom stereocenters. The summed E-state index contributed by atoms with van der Waals surface area (Å²) in [6, 6.07) is 30.2. The van der Waals surface area contributed by atoms with Crippen LogP contribution in [0.1, 0.15) is 82.6 Å². The molecule has 0 fully saturated rings. The van der Waals surface area contributed by atoms with Gasteiger partial charge in [0, 0.05) is 15.9 Å². The third kappa shape index (κ3) is 23.5. The fourth-order valence-electron chi connectivity index (χ4n) is 6.79. The van der Waals surface area contributed by atoms with Gasteiger partial charge in [0.25, 0.3) is 0 Å². The summed E-state index contributed by atoms with van der Waals surface area (Å²) in [5.74, 6) is 0.499. The fraction of sp³-hybridized carbons (Fsp3) is 0.200. The molecular formula is C65H75NS. The quantitative estimate of drug-likeness (QED) is 0.113. The Morgan fingerprint density at radius 1 is 0.761 bits per heavy atom. The Balaban J connectivity index is 0.000000283. The molecule has 0 heterocycles. The molecular weight excluding hydrogens is 827 g/mol. The highest BCUT2D eigenvalue weighted by Crippen LogP contribution is 2.30. The van der Waals surface area contributed by atoms with Crippen molar-refractivity contribution in [3.8, 4) is 0 Å². The Hall–Kier alpha value is -6.45. The van der Waals surface area contributed by atoms with Crippen molar-refractivity contribution in [3.05, 3.63) is 293 Å². The number of likely N-dealkylation sites (N-methyl/N-ethyl adjacent to an activating group) is 1. The predicted molar refractivity (Wildman–Crippen MR) is 305 cm³/mol. The van der Waals surface area contributed by atoms with Crippen LogP contribution in [0, 0.1) is 5.92 Å². The summed E-state index contributed by atoms with van der Waals surface area (Å²) in [6.45, 7) is 18.4. The van der Waals surface area contributed by atoms with Gasteiger partial charge in [0.2, 0.25) is 0 Å². The van der Waals surface area contributed by atoms with Gasteiger partial charge >= 0.3 is 0 Å². The zero-order valence-electron chi connectivity index (χ0n) is 41.1. The minimum atomic E-state index is 0.425. The number of thioether (sulfide) groups is 1. The highest BCUT2D eigenvalue weighted by molar-refractivity contribution is 8.07. The zero-order valence-corrected chi connectivity index (χ0v) is 41.9. The maximum atomic E-state index is 3.86. The van der Waals surface area contributed by atoms with E-state index in [2.05, 4.69) is 234 Å². The molecule has 2 aliphatic rings. The van der Waals surface area contributed by atoms with Crippen molar-refractivity contribution in [2.24, 2.45) is 5.92 Å². The van der Waals surface area contributed by atoms with E-state index >= 15 is 0 Å². The number of hydrogen-bond donors (Lipinski definition) is 1. The lowest BCUT2D eigenvalue weighted by atomic mass is 9.89. The summed E-state index contributed by atoms with van der Waals surface area (Å²) in [5.41, 5.74) is 10.2. The number of benzene rings is 3. The topological polar surface area (TPSA) is 12.0 Å². The summed E-state index contributed by atoms with van der Waals surface area (Å²) in [7, 11) is 2.02. The maximum Gasteiger partial charge on any atom is 0.0311 e. The molecule has 0 saturated carbocycles. The summed E-state index contributed by atoms with van der Waals surface area (Å²) < 4.78 is 0. The van der Waals surface area contributed by atoms with E-state index in [1.165, 1.54) is 54.4 Å². The van der Waals surface area contributed by atoms with E-state index in [-0.39, 0.29) is 0 Å². The molecule has 0 saturated heterocycles. The molecule has 0 spiro atoms.